The first-order valence-electron chi connectivity index (χ1n) is 2.77. The minimum absolute atomic E-state index is 1.00. The van der Waals surface area contributed by atoms with Crippen molar-refractivity contribution in [2.24, 2.45) is 0 Å². The van der Waals surface area contributed by atoms with Crippen molar-refractivity contribution in [3.63, 3.8) is 0 Å². The van der Waals surface area contributed by atoms with Crippen LogP contribution >= 0.6 is 0 Å². The van der Waals surface area contributed by atoms with Crippen molar-refractivity contribution in [1.29, 1.82) is 0 Å². The van der Waals surface area contributed by atoms with Gasteiger partial charge in [0.2, 0.25) is 9.84 Å². The van der Waals surface area contributed by atoms with E-state index in [1.807, 2.05) is 0 Å². The van der Waals surface area contributed by atoms with Gasteiger partial charge in [0.1, 0.15) is 0 Å². The summed E-state index contributed by atoms with van der Waals surface area (Å²) in [6.45, 7) is -2.00. The highest BCUT2D eigenvalue weighted by molar-refractivity contribution is 7.92. The van der Waals surface area contributed by atoms with E-state index in [9.17, 15) is 8.42 Å². The van der Waals surface area contributed by atoms with Gasteiger partial charge in [0.05, 0.1) is 13.2 Å². The lowest BCUT2D eigenvalue weighted by molar-refractivity contribution is 0.123. The zero-order valence-corrected chi connectivity index (χ0v) is 6.40. The molecule has 7 heteroatoms. The van der Waals surface area contributed by atoms with E-state index in [4.69, 9.17) is 20.4 Å². The standard InChI is InChI=1S/C4H10O6S/c5-1-3(7)11(9,10)4(8)2-6/h3-8H,1-2H2. The molecule has 0 aliphatic carbocycles. The van der Waals surface area contributed by atoms with E-state index < -0.39 is 33.9 Å². The van der Waals surface area contributed by atoms with Crippen molar-refractivity contribution >= 4 is 9.84 Å². The van der Waals surface area contributed by atoms with Gasteiger partial charge in [-0.05, 0) is 0 Å². The Balaban J connectivity index is 4.46. The summed E-state index contributed by atoms with van der Waals surface area (Å²) >= 11 is 0. The molecule has 2 atom stereocenters. The van der Waals surface area contributed by atoms with Crippen LogP contribution in [0.1, 0.15) is 0 Å². The van der Waals surface area contributed by atoms with Crippen LogP contribution in [0.2, 0.25) is 0 Å². The highest BCUT2D eigenvalue weighted by Crippen LogP contribution is 2.03. The second-order valence-corrected chi connectivity index (χ2v) is 4.13. The van der Waals surface area contributed by atoms with Crippen molar-refractivity contribution in [2.75, 3.05) is 13.2 Å². The molecule has 0 aromatic heterocycles. The van der Waals surface area contributed by atoms with Crippen LogP contribution in [-0.2, 0) is 9.84 Å². The molecule has 0 saturated heterocycles. The molecule has 11 heavy (non-hydrogen) atoms. The lowest BCUT2D eigenvalue weighted by Gasteiger charge is -2.12. The summed E-state index contributed by atoms with van der Waals surface area (Å²) in [5.41, 5.74) is -4.07. The van der Waals surface area contributed by atoms with Gasteiger partial charge in [0.15, 0.2) is 10.9 Å². The predicted molar refractivity (Wildman–Crippen MR) is 35.1 cm³/mol. The van der Waals surface area contributed by atoms with Crippen molar-refractivity contribution in [3.05, 3.63) is 0 Å². The Morgan fingerprint density at radius 2 is 1.27 bits per heavy atom. The van der Waals surface area contributed by atoms with Gasteiger partial charge in [-0.3, -0.25) is 0 Å². The van der Waals surface area contributed by atoms with Gasteiger partial charge in [0, 0.05) is 0 Å². The minimum Gasteiger partial charge on any atom is -0.393 e. The molecule has 0 spiro atoms. The largest absolute Gasteiger partial charge is 0.393 e. The Kier molecular flexibility index (Phi) is 3.90. The normalized spacial score (nSPS) is 17.8. The van der Waals surface area contributed by atoms with Crippen LogP contribution in [0.25, 0.3) is 0 Å². The van der Waals surface area contributed by atoms with Crippen molar-refractivity contribution < 1.29 is 28.8 Å². The van der Waals surface area contributed by atoms with Crippen LogP contribution in [-0.4, -0.2) is 52.9 Å². The second-order valence-electron chi connectivity index (χ2n) is 1.86. The second kappa shape index (κ2) is 3.98. The van der Waals surface area contributed by atoms with E-state index in [0.717, 1.165) is 0 Å². The predicted octanol–water partition coefficient (Wildman–Crippen LogP) is -2.98. The van der Waals surface area contributed by atoms with E-state index in [1.165, 1.54) is 0 Å². The van der Waals surface area contributed by atoms with E-state index in [1.54, 1.807) is 0 Å². The minimum atomic E-state index is -4.23. The molecule has 6 nitrogen and oxygen atoms in total. The van der Waals surface area contributed by atoms with Gasteiger partial charge in [-0.1, -0.05) is 0 Å². The highest BCUT2D eigenvalue weighted by atomic mass is 32.2. The topological polar surface area (TPSA) is 115 Å². The van der Waals surface area contributed by atoms with Gasteiger partial charge in [0.25, 0.3) is 0 Å². The average Bonchev–Trinajstić information content (AvgIpc) is 2.01. The summed E-state index contributed by atoms with van der Waals surface area (Å²) in [5.74, 6) is 0. The van der Waals surface area contributed by atoms with E-state index >= 15 is 0 Å². The number of aliphatic hydroxyl groups is 4. The van der Waals surface area contributed by atoms with Crippen LogP contribution < -0.4 is 0 Å². The molecule has 0 heterocycles. The van der Waals surface area contributed by atoms with Crippen LogP contribution in [0.3, 0.4) is 0 Å². The molecule has 0 fully saturated rings. The number of rotatable bonds is 4. The molecule has 0 amide bonds. The lowest BCUT2D eigenvalue weighted by Crippen LogP contribution is -2.36. The van der Waals surface area contributed by atoms with Gasteiger partial charge < -0.3 is 20.4 Å². The summed E-state index contributed by atoms with van der Waals surface area (Å²) in [7, 11) is -4.23. The number of hydrogen-bond acceptors (Lipinski definition) is 6. The van der Waals surface area contributed by atoms with Crippen LogP contribution in [0.4, 0.5) is 0 Å². The van der Waals surface area contributed by atoms with Gasteiger partial charge in [-0.2, -0.15) is 0 Å². The third-order valence-corrected chi connectivity index (χ3v) is 2.89. The molecule has 0 bridgehead atoms. The lowest BCUT2D eigenvalue weighted by atomic mass is 10.8. The molecule has 0 rings (SSSR count). The van der Waals surface area contributed by atoms with Crippen molar-refractivity contribution in [2.45, 2.75) is 10.9 Å². The number of sulfone groups is 1. The molecule has 0 aliphatic heterocycles. The maximum Gasteiger partial charge on any atom is 0.207 e. The third-order valence-electron chi connectivity index (χ3n) is 1.07. The maximum absolute atomic E-state index is 10.7. The van der Waals surface area contributed by atoms with Crippen molar-refractivity contribution in [3.8, 4) is 0 Å². The average molecular weight is 186 g/mol. The molecule has 0 aromatic rings. The first kappa shape index (κ1) is 10.8. The molecule has 4 N–H and O–H groups in total. The molecule has 0 radical (unpaired) electrons. The molecule has 68 valence electrons. The fraction of sp³-hybridized carbons (Fsp3) is 1.00. The number of hydrogen-bond donors (Lipinski definition) is 4. The quantitative estimate of drug-likeness (QED) is 0.372. The van der Waals surface area contributed by atoms with Crippen molar-refractivity contribution in [1.82, 2.24) is 0 Å². The zero-order valence-electron chi connectivity index (χ0n) is 5.58. The van der Waals surface area contributed by atoms with E-state index in [0.29, 0.717) is 0 Å². The molecule has 0 aromatic carbocycles. The van der Waals surface area contributed by atoms with E-state index in [-0.39, 0.29) is 0 Å². The third kappa shape index (κ3) is 2.38. The summed E-state index contributed by atoms with van der Waals surface area (Å²) in [6, 6.07) is 0. The van der Waals surface area contributed by atoms with Gasteiger partial charge in [-0.25, -0.2) is 8.42 Å². The fourth-order valence-electron chi connectivity index (χ4n) is 0.389. The summed E-state index contributed by atoms with van der Waals surface area (Å²) in [5, 5.41) is 33.5. The summed E-state index contributed by atoms with van der Waals surface area (Å²) in [6.07, 6.45) is 0. The zero-order chi connectivity index (χ0) is 9.07. The highest BCUT2D eigenvalue weighted by Gasteiger charge is 2.29. The van der Waals surface area contributed by atoms with Crippen LogP contribution in [0.15, 0.2) is 0 Å². The smallest absolute Gasteiger partial charge is 0.207 e. The molecular weight excluding hydrogens is 176 g/mol. The SMILES string of the molecule is O=S(=O)(C(O)CO)C(O)CO. The molecular formula is C4H10O6S. The molecule has 0 saturated carbocycles. The fourth-order valence-corrected chi connectivity index (χ4v) is 1.17. The van der Waals surface area contributed by atoms with Gasteiger partial charge >= 0.3 is 0 Å². The van der Waals surface area contributed by atoms with Crippen LogP contribution in [0.5, 0.6) is 0 Å². The monoisotopic (exact) mass is 186 g/mol. The number of aliphatic hydroxyl groups excluding tert-OH is 4. The Labute approximate surface area is 63.6 Å². The first-order chi connectivity index (χ1) is 4.96. The Bertz CT molecular complexity index is 181. The Morgan fingerprint density at radius 3 is 1.45 bits per heavy atom. The van der Waals surface area contributed by atoms with E-state index in [2.05, 4.69) is 0 Å². The van der Waals surface area contributed by atoms with Gasteiger partial charge in [-0.15, -0.1) is 0 Å². The first-order valence-corrected chi connectivity index (χ1v) is 4.38. The summed E-state index contributed by atoms with van der Waals surface area (Å²) in [4.78, 5) is 0. The van der Waals surface area contributed by atoms with Crippen LogP contribution in [0, 0.1) is 0 Å². The Hall–Kier alpha value is -0.210. The molecule has 0 aliphatic rings. The molecule has 2 unspecified atom stereocenters. The Morgan fingerprint density at radius 1 is 1.00 bits per heavy atom. The maximum atomic E-state index is 10.7. The summed E-state index contributed by atoms with van der Waals surface area (Å²) < 4.78 is 21.3.